The zero-order valence-electron chi connectivity index (χ0n) is 9.95. The molecular formula is C12H18N4. The lowest BCUT2D eigenvalue weighted by atomic mass is 9.83. The van der Waals surface area contributed by atoms with Crippen molar-refractivity contribution in [1.82, 2.24) is 9.78 Å². The van der Waals surface area contributed by atoms with Gasteiger partial charge in [0.25, 0.3) is 0 Å². The molecule has 1 aliphatic carbocycles. The number of hydrogen-bond acceptors (Lipinski definition) is 3. The Balaban J connectivity index is 1.95. The van der Waals surface area contributed by atoms with Gasteiger partial charge in [0.2, 0.25) is 0 Å². The fourth-order valence-corrected chi connectivity index (χ4v) is 2.17. The number of nitrogens with zero attached hydrogens (tertiary/aromatic N) is 3. The number of nitriles is 1. The minimum atomic E-state index is 0.677. The fourth-order valence-electron chi connectivity index (χ4n) is 2.17. The number of aromatic nitrogens is 2. The van der Waals surface area contributed by atoms with Gasteiger partial charge in [-0.05, 0) is 19.3 Å². The van der Waals surface area contributed by atoms with E-state index in [1.807, 2.05) is 14.0 Å². The molecule has 86 valence electrons. The third kappa shape index (κ3) is 2.04. The Bertz CT molecular complexity index is 409. The normalized spacial score (nSPS) is 15.6. The van der Waals surface area contributed by atoms with Gasteiger partial charge in [-0.25, -0.2) is 0 Å². The zero-order chi connectivity index (χ0) is 11.5. The Hall–Kier alpha value is -1.50. The average molecular weight is 218 g/mol. The highest BCUT2D eigenvalue weighted by Gasteiger charge is 2.17. The van der Waals surface area contributed by atoms with Gasteiger partial charge in [0.15, 0.2) is 0 Å². The van der Waals surface area contributed by atoms with Gasteiger partial charge in [0, 0.05) is 13.6 Å². The van der Waals surface area contributed by atoms with Crippen molar-refractivity contribution in [1.29, 1.82) is 5.26 Å². The first-order valence-corrected chi connectivity index (χ1v) is 5.90. The summed E-state index contributed by atoms with van der Waals surface area (Å²) >= 11 is 0. The topological polar surface area (TPSA) is 53.6 Å². The van der Waals surface area contributed by atoms with Crippen molar-refractivity contribution < 1.29 is 0 Å². The summed E-state index contributed by atoms with van der Waals surface area (Å²) in [5, 5.41) is 16.6. The van der Waals surface area contributed by atoms with Crippen molar-refractivity contribution in [3.63, 3.8) is 0 Å². The lowest BCUT2D eigenvalue weighted by molar-refractivity contribution is 0.302. The molecule has 0 aromatic carbocycles. The maximum absolute atomic E-state index is 9.04. The summed E-state index contributed by atoms with van der Waals surface area (Å²) in [5.41, 5.74) is 1.48. The Kier molecular flexibility index (Phi) is 3.14. The molecule has 0 unspecified atom stereocenters. The van der Waals surface area contributed by atoms with E-state index in [0.29, 0.717) is 5.56 Å². The van der Waals surface area contributed by atoms with Crippen LogP contribution < -0.4 is 5.32 Å². The first-order chi connectivity index (χ1) is 7.72. The van der Waals surface area contributed by atoms with E-state index in [1.54, 1.807) is 4.68 Å². The van der Waals surface area contributed by atoms with Crippen molar-refractivity contribution in [2.45, 2.75) is 32.6 Å². The van der Waals surface area contributed by atoms with Crippen LogP contribution in [0, 0.1) is 24.2 Å². The van der Waals surface area contributed by atoms with Crippen LogP contribution in [0.3, 0.4) is 0 Å². The highest BCUT2D eigenvalue weighted by atomic mass is 15.3. The van der Waals surface area contributed by atoms with Gasteiger partial charge in [-0.15, -0.1) is 0 Å². The molecule has 0 saturated heterocycles. The van der Waals surface area contributed by atoms with Crippen molar-refractivity contribution in [3.8, 4) is 6.07 Å². The second-order valence-electron chi connectivity index (χ2n) is 4.56. The molecule has 0 aliphatic heterocycles. The highest BCUT2D eigenvalue weighted by Crippen LogP contribution is 2.29. The second-order valence-corrected chi connectivity index (χ2v) is 4.56. The molecule has 1 aromatic rings. The molecule has 1 N–H and O–H groups in total. The smallest absolute Gasteiger partial charge is 0.142 e. The third-order valence-corrected chi connectivity index (χ3v) is 3.40. The monoisotopic (exact) mass is 218 g/mol. The van der Waals surface area contributed by atoms with E-state index in [-0.39, 0.29) is 0 Å². The number of hydrogen-bond donors (Lipinski definition) is 1. The summed E-state index contributed by atoms with van der Waals surface area (Å²) < 4.78 is 1.76. The van der Waals surface area contributed by atoms with Crippen LogP contribution in [0.2, 0.25) is 0 Å². The van der Waals surface area contributed by atoms with Crippen LogP contribution in [0.1, 0.15) is 36.9 Å². The van der Waals surface area contributed by atoms with E-state index in [2.05, 4.69) is 16.5 Å². The van der Waals surface area contributed by atoms with E-state index in [0.717, 1.165) is 24.0 Å². The molecule has 0 amide bonds. The lowest BCUT2D eigenvalue weighted by Gasteiger charge is -2.25. The quantitative estimate of drug-likeness (QED) is 0.843. The predicted octanol–water partition coefficient (Wildman–Crippen LogP) is 2.20. The Morgan fingerprint density at radius 1 is 1.56 bits per heavy atom. The first kappa shape index (κ1) is 11.0. The van der Waals surface area contributed by atoms with Gasteiger partial charge < -0.3 is 5.32 Å². The standard InChI is InChI=1S/C12H18N4/c1-9-11(8-13)12(16(2)15-9)14-7-6-10-4-3-5-10/h10,14H,3-7H2,1-2H3. The van der Waals surface area contributed by atoms with Gasteiger partial charge in [0.05, 0.1) is 5.69 Å². The van der Waals surface area contributed by atoms with Gasteiger partial charge in [-0.3, -0.25) is 4.68 Å². The van der Waals surface area contributed by atoms with E-state index in [9.17, 15) is 0 Å². The van der Waals surface area contributed by atoms with E-state index >= 15 is 0 Å². The summed E-state index contributed by atoms with van der Waals surface area (Å²) in [6.07, 6.45) is 5.34. The van der Waals surface area contributed by atoms with E-state index < -0.39 is 0 Å². The third-order valence-electron chi connectivity index (χ3n) is 3.40. The van der Waals surface area contributed by atoms with Crippen molar-refractivity contribution >= 4 is 5.82 Å². The van der Waals surface area contributed by atoms with Crippen LogP contribution in [0.15, 0.2) is 0 Å². The van der Waals surface area contributed by atoms with Crippen molar-refractivity contribution in [2.75, 3.05) is 11.9 Å². The van der Waals surface area contributed by atoms with Gasteiger partial charge in [0.1, 0.15) is 17.5 Å². The number of aryl methyl sites for hydroxylation is 2. The molecule has 16 heavy (non-hydrogen) atoms. The Morgan fingerprint density at radius 3 is 2.88 bits per heavy atom. The average Bonchev–Trinajstić information content (AvgIpc) is 2.45. The molecule has 0 bridgehead atoms. The fraction of sp³-hybridized carbons (Fsp3) is 0.667. The second kappa shape index (κ2) is 4.56. The number of rotatable bonds is 4. The van der Waals surface area contributed by atoms with Gasteiger partial charge in [-0.2, -0.15) is 10.4 Å². The first-order valence-electron chi connectivity index (χ1n) is 5.90. The molecule has 0 atom stereocenters. The Morgan fingerprint density at radius 2 is 2.31 bits per heavy atom. The lowest BCUT2D eigenvalue weighted by Crippen LogP contribution is -2.16. The van der Waals surface area contributed by atoms with Crippen LogP contribution >= 0.6 is 0 Å². The molecule has 1 aromatic heterocycles. The molecular weight excluding hydrogens is 200 g/mol. The molecule has 1 saturated carbocycles. The summed E-state index contributed by atoms with van der Waals surface area (Å²) in [5.74, 6) is 1.76. The van der Waals surface area contributed by atoms with Crippen molar-refractivity contribution in [2.24, 2.45) is 13.0 Å². The maximum Gasteiger partial charge on any atom is 0.142 e. The summed E-state index contributed by atoms with van der Waals surface area (Å²) in [6, 6.07) is 2.20. The molecule has 0 radical (unpaired) electrons. The molecule has 1 aliphatic rings. The Labute approximate surface area is 96.3 Å². The minimum Gasteiger partial charge on any atom is -0.369 e. The van der Waals surface area contributed by atoms with Crippen LogP contribution in [-0.2, 0) is 7.05 Å². The van der Waals surface area contributed by atoms with E-state index in [1.165, 1.54) is 25.7 Å². The van der Waals surface area contributed by atoms with Crippen LogP contribution in [0.25, 0.3) is 0 Å². The highest BCUT2D eigenvalue weighted by molar-refractivity contribution is 5.54. The summed E-state index contributed by atoms with van der Waals surface area (Å²) in [7, 11) is 1.87. The van der Waals surface area contributed by atoms with E-state index in [4.69, 9.17) is 5.26 Å². The van der Waals surface area contributed by atoms with Gasteiger partial charge >= 0.3 is 0 Å². The van der Waals surface area contributed by atoms with Gasteiger partial charge in [-0.1, -0.05) is 19.3 Å². The zero-order valence-corrected chi connectivity index (χ0v) is 9.95. The van der Waals surface area contributed by atoms with Crippen LogP contribution in [-0.4, -0.2) is 16.3 Å². The summed E-state index contributed by atoms with van der Waals surface area (Å²) in [6.45, 7) is 2.81. The van der Waals surface area contributed by atoms with Crippen LogP contribution in [0.4, 0.5) is 5.82 Å². The molecule has 4 heteroatoms. The largest absolute Gasteiger partial charge is 0.369 e. The minimum absolute atomic E-state index is 0.677. The molecule has 2 rings (SSSR count). The number of nitrogens with one attached hydrogen (secondary N) is 1. The van der Waals surface area contributed by atoms with Crippen LogP contribution in [0.5, 0.6) is 0 Å². The number of anilines is 1. The van der Waals surface area contributed by atoms with Crippen molar-refractivity contribution in [3.05, 3.63) is 11.3 Å². The molecule has 1 heterocycles. The molecule has 4 nitrogen and oxygen atoms in total. The maximum atomic E-state index is 9.04. The molecule has 0 spiro atoms. The SMILES string of the molecule is Cc1nn(C)c(NCCC2CCC2)c1C#N. The summed E-state index contributed by atoms with van der Waals surface area (Å²) in [4.78, 5) is 0. The predicted molar refractivity (Wildman–Crippen MR) is 63.1 cm³/mol. The molecule has 1 fully saturated rings.